The molecule has 0 aliphatic heterocycles. The Hall–Kier alpha value is -4.11. The van der Waals surface area contributed by atoms with Gasteiger partial charge in [0.15, 0.2) is 0 Å². The smallest absolute Gasteiger partial charge is 0.335 e. The summed E-state index contributed by atoms with van der Waals surface area (Å²) in [5.74, 6) is -1.61. The number of carboxylic acid groups (broad SMARTS) is 1. The Balaban J connectivity index is 2.02. The number of hydrogen-bond acceptors (Lipinski definition) is 5. The maximum Gasteiger partial charge on any atom is 0.335 e. The molecule has 0 aliphatic rings. The van der Waals surface area contributed by atoms with E-state index in [0.29, 0.717) is 16.9 Å². The van der Waals surface area contributed by atoms with Gasteiger partial charge >= 0.3 is 5.97 Å². The largest absolute Gasteiger partial charge is 0.496 e. The number of nitrogens with one attached hydrogen (secondary N) is 2. The van der Waals surface area contributed by atoms with E-state index < -0.39 is 17.8 Å². The molecule has 9 heteroatoms. The monoisotopic (exact) mass is 524 g/mol. The summed E-state index contributed by atoms with van der Waals surface area (Å²) in [7, 11) is 2.89. The van der Waals surface area contributed by atoms with Gasteiger partial charge in [0, 0.05) is 15.6 Å². The van der Waals surface area contributed by atoms with Crippen molar-refractivity contribution in [2.75, 3.05) is 19.5 Å². The highest BCUT2D eigenvalue weighted by Crippen LogP contribution is 2.28. The molecule has 3 aromatic carbocycles. The summed E-state index contributed by atoms with van der Waals surface area (Å²) in [6.07, 6.45) is 1.47. The Morgan fingerprint density at radius 2 is 1.56 bits per heavy atom. The van der Waals surface area contributed by atoms with Crippen molar-refractivity contribution in [3.8, 4) is 11.5 Å². The van der Waals surface area contributed by atoms with Crippen LogP contribution in [0.4, 0.5) is 5.69 Å². The molecule has 8 nitrogen and oxygen atoms in total. The number of amides is 2. The maximum absolute atomic E-state index is 13.3. The first-order valence-corrected chi connectivity index (χ1v) is 10.8. The molecule has 0 bridgehead atoms. The van der Waals surface area contributed by atoms with Crippen molar-refractivity contribution in [2.45, 2.75) is 0 Å². The lowest BCUT2D eigenvalue weighted by Gasteiger charge is -2.15. The number of aromatic carboxylic acids is 1. The molecule has 0 unspecified atom stereocenters. The fourth-order valence-corrected chi connectivity index (χ4v) is 3.42. The second kappa shape index (κ2) is 11.2. The van der Waals surface area contributed by atoms with Crippen LogP contribution in [-0.2, 0) is 4.79 Å². The van der Waals surface area contributed by atoms with Crippen LogP contribution in [0.15, 0.2) is 76.9 Å². The average Bonchev–Trinajstić information content (AvgIpc) is 2.84. The zero-order valence-corrected chi connectivity index (χ0v) is 19.9. The molecule has 3 aromatic rings. The van der Waals surface area contributed by atoms with Crippen molar-refractivity contribution >= 4 is 45.5 Å². The van der Waals surface area contributed by atoms with Crippen molar-refractivity contribution in [1.82, 2.24) is 5.32 Å². The summed E-state index contributed by atoms with van der Waals surface area (Å²) in [6.45, 7) is 0. The Morgan fingerprint density at radius 3 is 2.21 bits per heavy atom. The van der Waals surface area contributed by atoms with E-state index in [2.05, 4.69) is 26.6 Å². The number of carbonyl (C=O) groups is 3. The number of anilines is 1. The lowest BCUT2D eigenvalue weighted by Crippen LogP contribution is -2.31. The van der Waals surface area contributed by atoms with E-state index in [1.165, 1.54) is 38.5 Å². The molecule has 0 spiro atoms. The fourth-order valence-electron chi connectivity index (χ4n) is 3.04. The topological polar surface area (TPSA) is 114 Å². The van der Waals surface area contributed by atoms with Crippen LogP contribution in [0, 0.1) is 0 Å². The van der Waals surface area contributed by atoms with Gasteiger partial charge in [-0.2, -0.15) is 0 Å². The molecular formula is C25H21BrN2O6. The van der Waals surface area contributed by atoms with Crippen molar-refractivity contribution < 1.29 is 29.0 Å². The third-order valence-electron chi connectivity index (χ3n) is 4.72. The van der Waals surface area contributed by atoms with Crippen LogP contribution in [0.25, 0.3) is 6.08 Å². The Kier molecular flexibility index (Phi) is 8.05. The third-order valence-corrected chi connectivity index (χ3v) is 5.21. The van der Waals surface area contributed by atoms with Gasteiger partial charge in [-0.05, 0) is 54.6 Å². The van der Waals surface area contributed by atoms with Crippen LogP contribution in [0.1, 0.15) is 26.3 Å². The average molecular weight is 525 g/mol. The summed E-state index contributed by atoms with van der Waals surface area (Å²) in [4.78, 5) is 37.5. The molecular weight excluding hydrogens is 504 g/mol. The summed E-state index contributed by atoms with van der Waals surface area (Å²) < 4.78 is 11.4. The first-order chi connectivity index (χ1) is 16.3. The molecule has 0 aliphatic carbocycles. The van der Waals surface area contributed by atoms with Crippen molar-refractivity contribution in [3.05, 3.63) is 93.6 Å². The molecule has 174 valence electrons. The minimum absolute atomic E-state index is 0.0383. The number of rotatable bonds is 8. The van der Waals surface area contributed by atoms with Crippen LogP contribution in [0.2, 0.25) is 0 Å². The zero-order chi connectivity index (χ0) is 24.7. The van der Waals surface area contributed by atoms with Crippen LogP contribution in [0.3, 0.4) is 0 Å². The highest BCUT2D eigenvalue weighted by atomic mass is 79.9. The number of benzene rings is 3. The van der Waals surface area contributed by atoms with Gasteiger partial charge in [-0.15, -0.1) is 0 Å². The van der Waals surface area contributed by atoms with Crippen LogP contribution >= 0.6 is 15.9 Å². The molecule has 0 saturated heterocycles. The van der Waals surface area contributed by atoms with E-state index in [0.717, 1.165) is 4.47 Å². The Morgan fingerprint density at radius 1 is 0.882 bits per heavy atom. The van der Waals surface area contributed by atoms with Crippen LogP contribution in [-0.4, -0.2) is 37.1 Å². The van der Waals surface area contributed by atoms with Gasteiger partial charge < -0.3 is 25.2 Å². The highest BCUT2D eigenvalue weighted by molar-refractivity contribution is 9.10. The molecule has 0 heterocycles. The Bertz CT molecular complexity index is 1260. The minimum atomic E-state index is -1.16. The Labute approximate surface area is 204 Å². The predicted octanol–water partition coefficient (Wildman–Crippen LogP) is 4.57. The van der Waals surface area contributed by atoms with Gasteiger partial charge in [-0.1, -0.05) is 34.1 Å². The molecule has 0 saturated carbocycles. The van der Waals surface area contributed by atoms with E-state index >= 15 is 0 Å². The molecule has 0 fully saturated rings. The van der Waals surface area contributed by atoms with Gasteiger partial charge in [-0.3, -0.25) is 9.59 Å². The second-order valence-electron chi connectivity index (χ2n) is 6.94. The van der Waals surface area contributed by atoms with E-state index in [4.69, 9.17) is 9.47 Å². The van der Waals surface area contributed by atoms with E-state index in [-0.39, 0.29) is 22.7 Å². The standard InChI is InChI=1S/C25H21BrN2O6/c1-33-21-11-9-18(26)12-17(21)14-20(28-23(29)15-6-4-3-5-7-15)24(30)27-19-13-16(25(31)32)8-10-22(19)34-2/h3-14H,1-2H3,(H,27,30)(H,28,29)(H,31,32)/b20-14-. The van der Waals surface area contributed by atoms with Crippen LogP contribution < -0.4 is 20.1 Å². The lowest BCUT2D eigenvalue weighted by molar-refractivity contribution is -0.113. The number of methoxy groups -OCH3 is 2. The molecule has 3 rings (SSSR count). The molecule has 0 radical (unpaired) electrons. The third kappa shape index (κ3) is 6.02. The molecule has 0 atom stereocenters. The summed E-state index contributed by atoms with van der Waals surface area (Å²) in [5, 5.41) is 14.6. The van der Waals surface area contributed by atoms with Gasteiger partial charge in [0.25, 0.3) is 11.8 Å². The minimum Gasteiger partial charge on any atom is -0.496 e. The molecule has 2 amide bonds. The number of carbonyl (C=O) groups excluding carboxylic acids is 2. The lowest BCUT2D eigenvalue weighted by atomic mass is 10.1. The van der Waals surface area contributed by atoms with Gasteiger partial charge in [0.2, 0.25) is 0 Å². The highest BCUT2D eigenvalue weighted by Gasteiger charge is 2.18. The predicted molar refractivity (Wildman–Crippen MR) is 131 cm³/mol. The van der Waals surface area contributed by atoms with E-state index in [1.807, 2.05) is 0 Å². The van der Waals surface area contributed by atoms with E-state index in [1.54, 1.807) is 48.5 Å². The summed E-state index contributed by atoms with van der Waals surface area (Å²) >= 11 is 3.39. The molecule has 0 aromatic heterocycles. The van der Waals surface area contributed by atoms with E-state index in [9.17, 15) is 19.5 Å². The van der Waals surface area contributed by atoms with Crippen molar-refractivity contribution in [1.29, 1.82) is 0 Å². The second-order valence-corrected chi connectivity index (χ2v) is 7.85. The number of ether oxygens (including phenoxy) is 2. The first kappa shape index (κ1) is 24.5. The molecule has 3 N–H and O–H groups in total. The maximum atomic E-state index is 13.3. The zero-order valence-electron chi connectivity index (χ0n) is 18.3. The first-order valence-electron chi connectivity index (χ1n) is 9.96. The van der Waals surface area contributed by atoms with Gasteiger partial charge in [0.05, 0.1) is 25.5 Å². The summed E-state index contributed by atoms with van der Waals surface area (Å²) in [5.41, 5.74) is 0.889. The SMILES string of the molecule is COc1ccc(Br)cc1/C=C(\NC(=O)c1ccccc1)C(=O)Nc1cc(C(=O)O)ccc1OC. The van der Waals surface area contributed by atoms with Crippen molar-refractivity contribution in [2.24, 2.45) is 0 Å². The van der Waals surface area contributed by atoms with Gasteiger partial charge in [0.1, 0.15) is 17.2 Å². The number of hydrogen-bond donors (Lipinski definition) is 3. The summed E-state index contributed by atoms with van der Waals surface area (Å²) in [6, 6.07) is 17.7. The number of halogens is 1. The van der Waals surface area contributed by atoms with Crippen LogP contribution in [0.5, 0.6) is 11.5 Å². The van der Waals surface area contributed by atoms with Gasteiger partial charge in [-0.25, -0.2) is 4.79 Å². The van der Waals surface area contributed by atoms with Crippen molar-refractivity contribution in [3.63, 3.8) is 0 Å². The number of carboxylic acids is 1. The fraction of sp³-hybridized carbons (Fsp3) is 0.0800. The normalized spacial score (nSPS) is 10.9. The molecule has 34 heavy (non-hydrogen) atoms. The quantitative estimate of drug-likeness (QED) is 0.372.